The van der Waals surface area contributed by atoms with E-state index in [1.165, 1.54) is 0 Å². The number of halogens is 1. The summed E-state index contributed by atoms with van der Waals surface area (Å²) >= 11 is 6.23. The third-order valence-corrected chi connectivity index (χ3v) is 5.67. The number of nitrogens with zero attached hydrogens (tertiary/aromatic N) is 3. The Labute approximate surface area is 173 Å². The minimum absolute atomic E-state index is 0.0280. The lowest BCUT2D eigenvalue weighted by Crippen LogP contribution is -2.49. The van der Waals surface area contributed by atoms with Crippen LogP contribution in [0.1, 0.15) is 21.5 Å². The molecule has 2 N–H and O–H groups in total. The summed E-state index contributed by atoms with van der Waals surface area (Å²) in [6.45, 7) is 4.17. The normalized spacial score (nSPS) is 14.4. The maximum absolute atomic E-state index is 12.8. The van der Waals surface area contributed by atoms with Crippen LogP contribution in [-0.2, 0) is 11.2 Å². The van der Waals surface area contributed by atoms with E-state index in [4.69, 9.17) is 21.8 Å². The number of aryl methyl sites for hydroxylation is 1. The summed E-state index contributed by atoms with van der Waals surface area (Å²) in [5.41, 5.74) is 8.34. The second-order valence-corrected chi connectivity index (χ2v) is 7.55. The van der Waals surface area contributed by atoms with Crippen molar-refractivity contribution in [2.45, 2.75) is 13.3 Å². The molecular formula is C21H21ClN4O3. The number of pyridine rings is 1. The molecule has 3 aromatic rings. The van der Waals surface area contributed by atoms with Gasteiger partial charge in [-0.25, -0.2) is 4.98 Å². The number of furan rings is 1. The molecule has 0 aliphatic carbocycles. The van der Waals surface area contributed by atoms with Crippen molar-refractivity contribution in [2.24, 2.45) is 5.73 Å². The molecule has 1 aromatic carbocycles. The highest BCUT2D eigenvalue weighted by Gasteiger charge is 2.25. The van der Waals surface area contributed by atoms with Crippen molar-refractivity contribution in [2.75, 3.05) is 31.1 Å². The van der Waals surface area contributed by atoms with Gasteiger partial charge in [-0.1, -0.05) is 11.6 Å². The van der Waals surface area contributed by atoms with Crippen molar-refractivity contribution in [3.63, 3.8) is 0 Å². The SMILES string of the molecule is Cc1cc2occ(CC(=O)N3CCN(c4ncccc4C(N)=O)CC3)c2cc1Cl. The van der Waals surface area contributed by atoms with E-state index < -0.39 is 5.91 Å². The fraction of sp³-hybridized carbons (Fsp3) is 0.286. The average molecular weight is 413 g/mol. The predicted octanol–water partition coefficient (Wildman–Crippen LogP) is 2.78. The first-order valence-corrected chi connectivity index (χ1v) is 9.75. The minimum atomic E-state index is -0.507. The molecule has 0 radical (unpaired) electrons. The van der Waals surface area contributed by atoms with Crippen LogP contribution in [0.25, 0.3) is 11.0 Å². The van der Waals surface area contributed by atoms with E-state index in [0.29, 0.717) is 42.6 Å². The number of carbonyl (C=O) groups is 2. The van der Waals surface area contributed by atoms with Gasteiger partial charge >= 0.3 is 0 Å². The Morgan fingerprint density at radius 1 is 1.24 bits per heavy atom. The van der Waals surface area contributed by atoms with Crippen molar-refractivity contribution in [3.05, 3.63) is 58.4 Å². The van der Waals surface area contributed by atoms with Gasteiger partial charge in [0.2, 0.25) is 5.91 Å². The van der Waals surface area contributed by atoms with Gasteiger partial charge in [-0.2, -0.15) is 0 Å². The van der Waals surface area contributed by atoms with Gasteiger partial charge in [0.25, 0.3) is 5.91 Å². The summed E-state index contributed by atoms with van der Waals surface area (Å²) in [7, 11) is 0. The van der Waals surface area contributed by atoms with Gasteiger partial charge < -0.3 is 20.0 Å². The number of aromatic nitrogens is 1. The lowest BCUT2D eigenvalue weighted by Gasteiger charge is -2.36. The van der Waals surface area contributed by atoms with E-state index in [2.05, 4.69) is 4.98 Å². The zero-order valence-corrected chi connectivity index (χ0v) is 16.8. The lowest BCUT2D eigenvalue weighted by molar-refractivity contribution is -0.130. The number of rotatable bonds is 4. The summed E-state index contributed by atoms with van der Waals surface area (Å²) in [5.74, 6) is 0.0884. The van der Waals surface area contributed by atoms with Crippen LogP contribution in [0, 0.1) is 6.92 Å². The molecule has 3 heterocycles. The number of carbonyl (C=O) groups excluding carboxylic acids is 2. The maximum Gasteiger partial charge on any atom is 0.252 e. The van der Waals surface area contributed by atoms with Crippen LogP contribution in [0.5, 0.6) is 0 Å². The molecule has 0 bridgehead atoms. The molecule has 29 heavy (non-hydrogen) atoms. The predicted molar refractivity (Wildman–Crippen MR) is 111 cm³/mol. The monoisotopic (exact) mass is 412 g/mol. The molecule has 1 fully saturated rings. The summed E-state index contributed by atoms with van der Waals surface area (Å²) in [5, 5.41) is 1.52. The van der Waals surface area contributed by atoms with Crippen molar-refractivity contribution >= 4 is 40.2 Å². The van der Waals surface area contributed by atoms with Gasteiger partial charge in [0.05, 0.1) is 18.2 Å². The van der Waals surface area contributed by atoms with Crippen LogP contribution >= 0.6 is 11.6 Å². The summed E-state index contributed by atoms with van der Waals surface area (Å²) < 4.78 is 5.59. The standard InChI is InChI=1S/C21H21ClN4O3/c1-13-9-18-16(11-17(13)22)14(12-29-18)10-19(27)25-5-7-26(8-6-25)21-15(20(23)28)3-2-4-24-21/h2-4,9,11-12H,5-8,10H2,1H3,(H2,23,28). The van der Waals surface area contributed by atoms with Crippen LogP contribution in [0.2, 0.25) is 5.02 Å². The van der Waals surface area contributed by atoms with Crippen LogP contribution in [-0.4, -0.2) is 47.9 Å². The molecule has 2 aromatic heterocycles. The second kappa shape index (κ2) is 7.75. The zero-order chi connectivity index (χ0) is 20.5. The number of fused-ring (bicyclic) bond motifs is 1. The highest BCUT2D eigenvalue weighted by atomic mass is 35.5. The zero-order valence-electron chi connectivity index (χ0n) is 16.0. The number of piperazine rings is 1. The molecular weight excluding hydrogens is 392 g/mol. The largest absolute Gasteiger partial charge is 0.464 e. The first kappa shape index (κ1) is 19.3. The topological polar surface area (TPSA) is 92.7 Å². The van der Waals surface area contributed by atoms with E-state index in [0.717, 1.165) is 22.1 Å². The lowest BCUT2D eigenvalue weighted by atomic mass is 10.1. The third-order valence-electron chi connectivity index (χ3n) is 5.26. The van der Waals surface area contributed by atoms with Gasteiger partial charge in [-0.05, 0) is 36.8 Å². The van der Waals surface area contributed by atoms with E-state index in [-0.39, 0.29) is 12.3 Å². The first-order chi connectivity index (χ1) is 13.9. The number of hydrogen-bond acceptors (Lipinski definition) is 5. The molecule has 150 valence electrons. The van der Waals surface area contributed by atoms with Crippen molar-refractivity contribution in [1.82, 2.24) is 9.88 Å². The molecule has 7 nitrogen and oxygen atoms in total. The Balaban J connectivity index is 1.44. The Hall–Kier alpha value is -3.06. The molecule has 1 aliphatic heterocycles. The molecule has 0 saturated carbocycles. The molecule has 1 saturated heterocycles. The number of hydrogen-bond donors (Lipinski definition) is 1. The van der Waals surface area contributed by atoms with Gasteiger partial charge in [0.1, 0.15) is 11.4 Å². The Bertz CT molecular complexity index is 1090. The average Bonchev–Trinajstić information content (AvgIpc) is 3.09. The number of primary amides is 1. The number of amides is 2. The molecule has 4 rings (SSSR count). The number of nitrogens with two attached hydrogens (primary N) is 1. The minimum Gasteiger partial charge on any atom is -0.464 e. The van der Waals surface area contributed by atoms with Crippen molar-refractivity contribution in [3.8, 4) is 0 Å². The number of anilines is 1. The second-order valence-electron chi connectivity index (χ2n) is 7.14. The van der Waals surface area contributed by atoms with E-state index in [9.17, 15) is 9.59 Å². The number of benzene rings is 1. The van der Waals surface area contributed by atoms with Gasteiger partial charge in [0, 0.05) is 48.3 Å². The van der Waals surface area contributed by atoms with Crippen LogP contribution < -0.4 is 10.6 Å². The molecule has 2 amide bonds. The van der Waals surface area contributed by atoms with Gasteiger partial charge in [-0.3, -0.25) is 9.59 Å². The third kappa shape index (κ3) is 3.78. The van der Waals surface area contributed by atoms with Crippen LogP contribution in [0.3, 0.4) is 0 Å². The van der Waals surface area contributed by atoms with E-state index in [1.807, 2.05) is 28.9 Å². The van der Waals surface area contributed by atoms with Crippen molar-refractivity contribution < 1.29 is 14.0 Å². The summed E-state index contributed by atoms with van der Waals surface area (Å²) in [6, 6.07) is 7.09. The first-order valence-electron chi connectivity index (χ1n) is 9.38. The van der Waals surface area contributed by atoms with E-state index in [1.54, 1.807) is 24.6 Å². The van der Waals surface area contributed by atoms with Crippen LogP contribution in [0.4, 0.5) is 5.82 Å². The summed E-state index contributed by atoms with van der Waals surface area (Å²) in [4.78, 5) is 32.6. The van der Waals surface area contributed by atoms with Crippen molar-refractivity contribution in [1.29, 1.82) is 0 Å². The maximum atomic E-state index is 12.8. The molecule has 0 atom stereocenters. The Morgan fingerprint density at radius 2 is 2.00 bits per heavy atom. The van der Waals surface area contributed by atoms with E-state index >= 15 is 0 Å². The fourth-order valence-corrected chi connectivity index (χ4v) is 3.79. The molecule has 1 aliphatic rings. The molecule has 0 spiro atoms. The summed E-state index contributed by atoms with van der Waals surface area (Å²) in [6.07, 6.45) is 3.51. The Morgan fingerprint density at radius 3 is 2.72 bits per heavy atom. The smallest absolute Gasteiger partial charge is 0.252 e. The highest BCUT2D eigenvalue weighted by molar-refractivity contribution is 6.32. The molecule has 8 heteroatoms. The van der Waals surface area contributed by atoms with Gasteiger partial charge in [-0.15, -0.1) is 0 Å². The fourth-order valence-electron chi connectivity index (χ4n) is 3.62. The molecule has 0 unspecified atom stereocenters. The van der Waals surface area contributed by atoms with Gasteiger partial charge in [0.15, 0.2) is 0 Å². The quantitative estimate of drug-likeness (QED) is 0.711. The highest BCUT2D eigenvalue weighted by Crippen LogP contribution is 2.28. The Kier molecular flexibility index (Phi) is 5.15. The van der Waals surface area contributed by atoms with Crippen LogP contribution in [0.15, 0.2) is 41.1 Å².